The smallest absolute Gasteiger partial charge is 0.301 e. The summed E-state index contributed by atoms with van der Waals surface area (Å²) in [6, 6.07) is 16.6. The highest BCUT2D eigenvalue weighted by molar-refractivity contribution is 7.90. The SMILES string of the molecule is C=C1CCC(N2Cc3cc(N4CCN(c5ccc(-c6cnc7[nH]cc(C(=O)c8c(F)ccc(NS(=O)(=O)N9CC[C@@H](F)C9)c8F)c7c6)cc5)CC4)ccc3C2=O)C(=O)N1. The molecule has 304 valence electrons. The molecule has 0 spiro atoms. The van der Waals surface area contributed by atoms with Crippen molar-refractivity contribution in [3.8, 4) is 11.1 Å². The minimum atomic E-state index is -4.36. The molecule has 2 aromatic heterocycles. The van der Waals surface area contributed by atoms with Gasteiger partial charge in [0.2, 0.25) is 11.7 Å². The van der Waals surface area contributed by atoms with E-state index in [0.717, 1.165) is 65.1 Å². The summed E-state index contributed by atoms with van der Waals surface area (Å²) in [7, 11) is -4.36. The van der Waals surface area contributed by atoms with E-state index in [2.05, 4.69) is 37.7 Å². The lowest BCUT2D eigenvalue weighted by molar-refractivity contribution is -0.126. The monoisotopic (exact) mass is 824 g/mol. The molecular weight excluding hydrogens is 786 g/mol. The van der Waals surface area contributed by atoms with Crippen molar-refractivity contribution in [3.05, 3.63) is 119 Å². The van der Waals surface area contributed by atoms with E-state index >= 15 is 8.78 Å². The average Bonchev–Trinajstić information content (AvgIpc) is 3.96. The van der Waals surface area contributed by atoms with Crippen molar-refractivity contribution in [2.75, 3.05) is 53.8 Å². The molecule has 2 amide bonds. The van der Waals surface area contributed by atoms with Gasteiger partial charge in [-0.3, -0.25) is 19.1 Å². The normalized spacial score (nSPS) is 20.1. The molecule has 0 saturated carbocycles. The number of aromatic amines is 1. The molecule has 4 aliphatic rings. The molecule has 0 radical (unpaired) electrons. The number of hydrogen-bond acceptors (Lipinski definition) is 8. The van der Waals surface area contributed by atoms with Gasteiger partial charge in [-0.1, -0.05) is 18.7 Å². The highest BCUT2D eigenvalue weighted by atomic mass is 32.2. The molecule has 9 rings (SSSR count). The number of ketones is 1. The summed E-state index contributed by atoms with van der Waals surface area (Å²) in [5, 5.41) is 3.10. The number of carbonyl (C=O) groups is 3. The van der Waals surface area contributed by atoms with E-state index in [1.165, 1.54) is 6.20 Å². The maximum absolute atomic E-state index is 15.7. The van der Waals surface area contributed by atoms with Crippen molar-refractivity contribution in [1.82, 2.24) is 24.5 Å². The molecule has 59 heavy (non-hydrogen) atoms. The van der Waals surface area contributed by atoms with Gasteiger partial charge in [0.1, 0.15) is 23.7 Å². The van der Waals surface area contributed by atoms with Gasteiger partial charge in [0.15, 0.2) is 5.82 Å². The number of hydrogen-bond donors (Lipinski definition) is 3. The first-order valence-corrected chi connectivity index (χ1v) is 20.7. The van der Waals surface area contributed by atoms with Crippen LogP contribution in [-0.2, 0) is 21.5 Å². The predicted octanol–water partition coefficient (Wildman–Crippen LogP) is 5.51. The number of rotatable bonds is 9. The molecular formula is C42H39F3N8O5S. The molecule has 6 heterocycles. The third-order valence-corrected chi connectivity index (χ3v) is 13.1. The van der Waals surface area contributed by atoms with Crippen LogP contribution in [0.3, 0.4) is 0 Å². The number of anilines is 3. The number of nitrogens with zero attached hydrogens (tertiary/aromatic N) is 5. The van der Waals surface area contributed by atoms with Crippen LogP contribution in [-0.4, -0.2) is 96.7 Å². The summed E-state index contributed by atoms with van der Waals surface area (Å²) in [5.41, 5.74) is 4.39. The summed E-state index contributed by atoms with van der Waals surface area (Å²) in [4.78, 5) is 53.1. The fourth-order valence-electron chi connectivity index (χ4n) is 8.36. The minimum Gasteiger partial charge on any atom is -0.368 e. The van der Waals surface area contributed by atoms with Gasteiger partial charge in [0.05, 0.1) is 11.3 Å². The number of halogens is 3. The molecule has 5 aromatic rings. The summed E-state index contributed by atoms with van der Waals surface area (Å²) in [5.74, 6) is -3.89. The number of benzene rings is 3. The Bertz CT molecular complexity index is 2660. The van der Waals surface area contributed by atoms with Crippen molar-refractivity contribution in [2.45, 2.75) is 38.0 Å². The van der Waals surface area contributed by atoms with Crippen molar-refractivity contribution < 1.29 is 36.0 Å². The Morgan fingerprint density at radius 1 is 0.898 bits per heavy atom. The molecule has 3 fully saturated rings. The number of pyridine rings is 1. The van der Waals surface area contributed by atoms with Crippen LogP contribution in [0.5, 0.6) is 0 Å². The van der Waals surface area contributed by atoms with Gasteiger partial charge in [0.25, 0.3) is 5.91 Å². The van der Waals surface area contributed by atoms with Crippen LogP contribution in [0.25, 0.3) is 22.2 Å². The van der Waals surface area contributed by atoms with Crippen molar-refractivity contribution >= 4 is 55.9 Å². The highest BCUT2D eigenvalue weighted by Crippen LogP contribution is 2.34. The van der Waals surface area contributed by atoms with Gasteiger partial charge < -0.3 is 25.0 Å². The third-order valence-electron chi connectivity index (χ3n) is 11.6. The van der Waals surface area contributed by atoms with Crippen LogP contribution >= 0.6 is 0 Å². The second kappa shape index (κ2) is 14.9. The average molecular weight is 825 g/mol. The fraction of sp³-hybridized carbons (Fsp3) is 0.286. The van der Waals surface area contributed by atoms with E-state index in [4.69, 9.17) is 0 Å². The van der Waals surface area contributed by atoms with E-state index in [1.54, 1.807) is 17.2 Å². The lowest BCUT2D eigenvalue weighted by Gasteiger charge is -2.37. The van der Waals surface area contributed by atoms with Crippen LogP contribution < -0.4 is 19.8 Å². The molecule has 0 bridgehead atoms. The molecule has 3 N–H and O–H groups in total. The molecule has 17 heteroatoms. The summed E-state index contributed by atoms with van der Waals surface area (Å²) >= 11 is 0. The van der Waals surface area contributed by atoms with Crippen molar-refractivity contribution in [2.24, 2.45) is 0 Å². The van der Waals surface area contributed by atoms with Gasteiger partial charge in [-0.25, -0.2) is 18.2 Å². The van der Waals surface area contributed by atoms with Crippen LogP contribution in [0, 0.1) is 11.6 Å². The van der Waals surface area contributed by atoms with Gasteiger partial charge >= 0.3 is 10.2 Å². The Morgan fingerprint density at radius 3 is 2.34 bits per heavy atom. The zero-order valence-corrected chi connectivity index (χ0v) is 32.5. The maximum atomic E-state index is 15.7. The van der Waals surface area contributed by atoms with Crippen LogP contribution in [0.1, 0.15) is 51.1 Å². The molecule has 2 atom stereocenters. The minimum absolute atomic E-state index is 0.000751. The van der Waals surface area contributed by atoms with E-state index in [9.17, 15) is 27.2 Å². The molecule has 3 aromatic carbocycles. The molecule has 1 unspecified atom stereocenters. The zero-order valence-electron chi connectivity index (χ0n) is 31.7. The second-order valence-electron chi connectivity index (χ2n) is 15.2. The zero-order chi connectivity index (χ0) is 41.2. The number of piperazine rings is 1. The second-order valence-corrected chi connectivity index (χ2v) is 16.9. The number of piperidine rings is 1. The van der Waals surface area contributed by atoms with Crippen molar-refractivity contribution in [1.29, 1.82) is 0 Å². The highest BCUT2D eigenvalue weighted by Gasteiger charge is 2.39. The number of carbonyl (C=O) groups excluding carboxylic acids is 3. The van der Waals surface area contributed by atoms with E-state index in [1.807, 2.05) is 41.1 Å². The number of allylic oxidation sites excluding steroid dienone is 1. The first kappa shape index (κ1) is 38.3. The van der Waals surface area contributed by atoms with Gasteiger partial charge in [-0.2, -0.15) is 12.7 Å². The van der Waals surface area contributed by atoms with Gasteiger partial charge in [0, 0.05) is 97.4 Å². The Hall–Kier alpha value is -6.20. The third kappa shape index (κ3) is 7.07. The standard InChI is InChI=1S/C42H39F3N8O5S/c1-24-2-11-36(41(55)48-24)53-22-27-18-30(7-8-31(27)42(53)56)51-16-14-50(15-17-51)29-5-3-25(4-6-29)26-19-32-33(21-47-40(32)46-20-26)39(54)37-34(44)9-10-35(38(37)45)49-59(57,58)52-13-12-28(43)23-52/h3-10,18-21,28,36,49H,1-2,11-17,22-23H2,(H,46,47)(H,48,55)/t28-,36?/m1/s1. The molecule has 13 nitrogen and oxygen atoms in total. The molecule has 3 saturated heterocycles. The lowest BCUT2D eigenvalue weighted by atomic mass is 9.99. The molecule has 4 aliphatic heterocycles. The fourth-order valence-corrected chi connectivity index (χ4v) is 9.63. The number of H-pyrrole nitrogens is 1. The number of alkyl halides is 1. The van der Waals surface area contributed by atoms with Crippen LogP contribution in [0.2, 0.25) is 0 Å². The number of aromatic nitrogens is 2. The quantitative estimate of drug-likeness (QED) is 0.165. The number of nitrogens with one attached hydrogen (secondary N) is 3. The summed E-state index contributed by atoms with van der Waals surface area (Å²) in [6.45, 7) is 6.76. The van der Waals surface area contributed by atoms with E-state index in [0.29, 0.717) is 47.2 Å². The Labute approximate surface area is 337 Å². The van der Waals surface area contributed by atoms with E-state index < -0.39 is 57.6 Å². The van der Waals surface area contributed by atoms with Gasteiger partial charge in [-0.05, 0) is 78.9 Å². The van der Waals surface area contributed by atoms with E-state index in [-0.39, 0.29) is 30.3 Å². The Balaban J connectivity index is 0.869. The van der Waals surface area contributed by atoms with Crippen molar-refractivity contribution in [3.63, 3.8) is 0 Å². The van der Waals surface area contributed by atoms with Gasteiger partial charge in [-0.15, -0.1) is 0 Å². The first-order chi connectivity index (χ1) is 28.3. The largest absolute Gasteiger partial charge is 0.368 e. The topological polar surface area (TPSA) is 151 Å². The molecule has 0 aliphatic carbocycles. The first-order valence-electron chi connectivity index (χ1n) is 19.3. The predicted molar refractivity (Wildman–Crippen MR) is 216 cm³/mol. The Kier molecular flexibility index (Phi) is 9.66. The number of fused-ring (bicyclic) bond motifs is 2. The number of amides is 2. The van der Waals surface area contributed by atoms with Crippen LogP contribution in [0.15, 0.2) is 85.3 Å². The van der Waals surface area contributed by atoms with Crippen LogP contribution in [0.4, 0.5) is 30.2 Å². The lowest BCUT2D eigenvalue weighted by Crippen LogP contribution is -2.49. The Morgan fingerprint density at radius 2 is 1.63 bits per heavy atom. The summed E-state index contributed by atoms with van der Waals surface area (Å²) in [6.07, 6.45) is 2.78. The summed E-state index contributed by atoms with van der Waals surface area (Å²) < 4.78 is 72.9. The maximum Gasteiger partial charge on any atom is 0.301 e.